The summed E-state index contributed by atoms with van der Waals surface area (Å²) < 4.78 is 11.5. The fraction of sp³-hybridized carbons (Fsp3) is 0.852. The second kappa shape index (κ2) is 9.50. The van der Waals surface area contributed by atoms with Crippen LogP contribution in [0.3, 0.4) is 0 Å². The first kappa shape index (κ1) is 25.9. The number of hydrogen-bond donors (Lipinski definition) is 0. The number of rotatable bonds is 2. The van der Waals surface area contributed by atoms with E-state index < -0.39 is 11.2 Å². The van der Waals surface area contributed by atoms with Crippen molar-refractivity contribution in [3.8, 4) is 0 Å². The molecule has 3 rings (SSSR count). The molecule has 0 bridgehead atoms. The van der Waals surface area contributed by atoms with Gasteiger partial charge in [-0.25, -0.2) is 9.59 Å². The number of carbonyl (C=O) groups is 2. The van der Waals surface area contributed by atoms with E-state index in [1.54, 1.807) is 0 Å². The van der Waals surface area contributed by atoms with Crippen molar-refractivity contribution in [2.75, 3.05) is 0 Å². The van der Waals surface area contributed by atoms with Crippen LogP contribution in [0.15, 0.2) is 12.2 Å². The molecule has 2 saturated heterocycles. The Morgan fingerprint density at radius 1 is 0.818 bits per heavy atom. The Morgan fingerprint density at radius 3 is 2.09 bits per heavy atom. The number of ether oxygens (including phenoxy) is 2. The maximum Gasteiger partial charge on any atom is 0.411 e. The highest BCUT2D eigenvalue weighted by Gasteiger charge is 2.50. The monoisotopic (exact) mass is 462 g/mol. The first-order chi connectivity index (χ1) is 15.2. The van der Waals surface area contributed by atoms with Gasteiger partial charge in [0.05, 0.1) is 6.04 Å². The molecule has 1 aliphatic carbocycles. The fourth-order valence-electron chi connectivity index (χ4n) is 6.00. The van der Waals surface area contributed by atoms with E-state index in [1.165, 1.54) is 0 Å². The van der Waals surface area contributed by atoms with E-state index in [0.29, 0.717) is 5.92 Å². The van der Waals surface area contributed by atoms with Crippen molar-refractivity contribution >= 4 is 12.2 Å². The topological polar surface area (TPSA) is 59.1 Å². The third-order valence-corrected chi connectivity index (χ3v) is 7.35. The smallest absolute Gasteiger partial charge is 0.411 e. The van der Waals surface area contributed by atoms with Crippen LogP contribution < -0.4 is 0 Å². The quantitative estimate of drug-likeness (QED) is 0.430. The van der Waals surface area contributed by atoms with Gasteiger partial charge in [0.2, 0.25) is 0 Å². The van der Waals surface area contributed by atoms with Crippen LogP contribution in [-0.4, -0.2) is 56.9 Å². The van der Waals surface area contributed by atoms with E-state index in [9.17, 15) is 9.59 Å². The van der Waals surface area contributed by atoms with E-state index >= 15 is 0 Å². The van der Waals surface area contributed by atoms with Gasteiger partial charge in [-0.2, -0.15) is 0 Å². The van der Waals surface area contributed by atoms with Gasteiger partial charge in [0.1, 0.15) is 11.2 Å². The summed E-state index contributed by atoms with van der Waals surface area (Å²) in [6, 6.07) is 0.476. The summed E-state index contributed by atoms with van der Waals surface area (Å²) in [6.07, 6.45) is 12.5. The summed E-state index contributed by atoms with van der Waals surface area (Å²) in [7, 11) is 0. The Balaban J connectivity index is 1.71. The zero-order valence-corrected chi connectivity index (χ0v) is 22.1. The third-order valence-electron chi connectivity index (χ3n) is 7.35. The van der Waals surface area contributed by atoms with Crippen LogP contribution in [0.5, 0.6) is 0 Å². The average molecular weight is 463 g/mol. The lowest BCUT2D eigenvalue weighted by atomic mass is 9.74. The van der Waals surface area contributed by atoms with Crippen molar-refractivity contribution in [2.45, 2.75) is 142 Å². The van der Waals surface area contributed by atoms with E-state index in [1.807, 2.05) is 46.4 Å². The molecule has 2 amide bonds. The molecule has 6 nitrogen and oxygen atoms in total. The molecule has 0 radical (unpaired) electrons. The van der Waals surface area contributed by atoms with Gasteiger partial charge in [0.25, 0.3) is 0 Å². The van der Waals surface area contributed by atoms with Gasteiger partial charge in [0.15, 0.2) is 0 Å². The van der Waals surface area contributed by atoms with Crippen LogP contribution in [0.2, 0.25) is 0 Å². The Hall–Kier alpha value is -1.72. The highest BCUT2D eigenvalue weighted by Crippen LogP contribution is 2.47. The minimum absolute atomic E-state index is 0.0807. The fourth-order valence-corrected chi connectivity index (χ4v) is 6.00. The molecule has 1 saturated carbocycles. The number of allylic oxidation sites excluding steroid dienone is 1. The molecule has 0 aromatic carbocycles. The maximum atomic E-state index is 13.1. The normalized spacial score (nSPS) is 33.2. The number of nitrogens with zero attached hydrogens (tertiary/aromatic N) is 2. The third kappa shape index (κ3) is 6.24. The molecule has 3 aliphatic rings. The van der Waals surface area contributed by atoms with Crippen LogP contribution in [0.1, 0.15) is 107 Å². The highest BCUT2D eigenvalue weighted by atomic mass is 16.6. The van der Waals surface area contributed by atoms with Crippen molar-refractivity contribution in [2.24, 2.45) is 5.92 Å². The SMILES string of the molecule is CC1CC[C@@]2(CCCC(/C=C/C3CC[C@@H](C)N3C(=O)OC(C)(C)C)C2)N1C(=O)OC(C)(C)C. The molecule has 33 heavy (non-hydrogen) atoms. The zero-order chi connectivity index (χ0) is 24.6. The number of hydrogen-bond acceptors (Lipinski definition) is 4. The van der Waals surface area contributed by atoms with Gasteiger partial charge in [0, 0.05) is 17.6 Å². The van der Waals surface area contributed by atoms with Crippen molar-refractivity contribution in [1.82, 2.24) is 9.80 Å². The van der Waals surface area contributed by atoms with Crippen LogP contribution >= 0.6 is 0 Å². The van der Waals surface area contributed by atoms with Crippen LogP contribution in [0, 0.1) is 5.92 Å². The van der Waals surface area contributed by atoms with Crippen molar-refractivity contribution in [1.29, 1.82) is 0 Å². The molecule has 3 unspecified atom stereocenters. The van der Waals surface area contributed by atoms with Crippen LogP contribution in [0.25, 0.3) is 0 Å². The van der Waals surface area contributed by atoms with Gasteiger partial charge in [-0.15, -0.1) is 0 Å². The predicted molar refractivity (Wildman–Crippen MR) is 131 cm³/mol. The Kier molecular flexibility index (Phi) is 7.45. The minimum atomic E-state index is -0.492. The molecule has 188 valence electrons. The first-order valence-corrected chi connectivity index (χ1v) is 12.9. The van der Waals surface area contributed by atoms with Gasteiger partial charge < -0.3 is 9.47 Å². The summed E-state index contributed by atoms with van der Waals surface area (Å²) in [5.41, 5.74) is -1.09. The first-order valence-electron chi connectivity index (χ1n) is 12.9. The molecule has 0 N–H and O–H groups in total. The van der Waals surface area contributed by atoms with Gasteiger partial charge in [-0.05, 0) is 106 Å². The minimum Gasteiger partial charge on any atom is -0.444 e. The van der Waals surface area contributed by atoms with Crippen molar-refractivity contribution in [3.05, 3.63) is 12.2 Å². The van der Waals surface area contributed by atoms with Crippen molar-refractivity contribution < 1.29 is 19.1 Å². The van der Waals surface area contributed by atoms with Crippen molar-refractivity contribution in [3.63, 3.8) is 0 Å². The molecule has 6 heteroatoms. The van der Waals surface area contributed by atoms with Crippen LogP contribution in [-0.2, 0) is 9.47 Å². The van der Waals surface area contributed by atoms with E-state index in [4.69, 9.17) is 9.47 Å². The molecule has 2 heterocycles. The maximum absolute atomic E-state index is 13.1. The molecule has 5 atom stereocenters. The lowest BCUT2D eigenvalue weighted by Gasteiger charge is -2.45. The highest BCUT2D eigenvalue weighted by molar-refractivity contribution is 5.70. The summed E-state index contributed by atoms with van der Waals surface area (Å²) in [4.78, 5) is 29.9. The lowest BCUT2D eigenvalue weighted by Crippen LogP contribution is -2.53. The Bertz CT molecular complexity index is 746. The molecular formula is C27H46N2O4. The standard InChI is InChI=1S/C27H46N2O4/c1-19-11-13-22(28(19)23(30)32-25(3,4)5)14-12-21-10-9-16-27(18-21)17-15-20(2)29(27)24(31)33-26(6,7)8/h12,14,19-22H,9-11,13,15-18H2,1-8H3/b14-12+/t19-,20?,21?,22?,27-/m1/s1. The van der Waals surface area contributed by atoms with Gasteiger partial charge in [-0.3, -0.25) is 9.80 Å². The Labute approximate surface area is 201 Å². The van der Waals surface area contributed by atoms with Gasteiger partial charge in [-0.1, -0.05) is 18.6 Å². The molecule has 0 aromatic rings. The predicted octanol–water partition coefficient (Wildman–Crippen LogP) is 6.68. The zero-order valence-electron chi connectivity index (χ0n) is 22.1. The molecule has 1 spiro atoms. The summed E-state index contributed by atoms with van der Waals surface area (Å²) in [6.45, 7) is 15.8. The number of amides is 2. The summed E-state index contributed by atoms with van der Waals surface area (Å²) in [5.74, 6) is 0.408. The molecule has 2 aliphatic heterocycles. The molecular weight excluding hydrogens is 416 g/mol. The van der Waals surface area contributed by atoms with E-state index in [0.717, 1.165) is 51.4 Å². The average Bonchev–Trinajstić information content (AvgIpc) is 3.17. The second-order valence-corrected chi connectivity index (χ2v) is 12.6. The van der Waals surface area contributed by atoms with E-state index in [2.05, 4.69) is 30.9 Å². The molecule has 3 fully saturated rings. The van der Waals surface area contributed by atoms with Gasteiger partial charge >= 0.3 is 12.2 Å². The lowest BCUT2D eigenvalue weighted by molar-refractivity contribution is -0.0119. The second-order valence-electron chi connectivity index (χ2n) is 12.6. The van der Waals surface area contributed by atoms with Crippen LogP contribution in [0.4, 0.5) is 9.59 Å². The number of carbonyl (C=O) groups excluding carboxylic acids is 2. The molecule has 0 aromatic heterocycles. The Morgan fingerprint density at radius 2 is 1.45 bits per heavy atom. The summed E-state index contributed by atoms with van der Waals surface area (Å²) >= 11 is 0. The summed E-state index contributed by atoms with van der Waals surface area (Å²) in [5, 5.41) is 0. The van der Waals surface area contributed by atoms with E-state index in [-0.39, 0.29) is 35.9 Å². The number of likely N-dealkylation sites (tertiary alicyclic amines) is 2. The largest absolute Gasteiger partial charge is 0.444 e.